The lowest BCUT2D eigenvalue weighted by atomic mass is 9.75. The lowest BCUT2D eigenvalue weighted by molar-refractivity contribution is -0.157. The molecule has 1 spiro atoms. The summed E-state index contributed by atoms with van der Waals surface area (Å²) >= 11 is 6.43. The molecule has 0 bridgehead atoms. The number of carbonyl (C=O) groups excluding carboxylic acids is 3. The van der Waals surface area contributed by atoms with Gasteiger partial charge < -0.3 is 24.4 Å². The number of cyclic esters (lactones) is 1. The summed E-state index contributed by atoms with van der Waals surface area (Å²) in [6.45, 7) is 3.58. The topological polar surface area (TPSA) is 96.4 Å². The lowest BCUT2D eigenvalue weighted by Gasteiger charge is -2.39. The quantitative estimate of drug-likeness (QED) is 0.517. The molecule has 0 aliphatic carbocycles. The second kappa shape index (κ2) is 8.22. The zero-order valence-corrected chi connectivity index (χ0v) is 19.8. The minimum Gasteiger partial charge on any atom is -0.461 e. The van der Waals surface area contributed by atoms with E-state index >= 15 is 0 Å². The molecule has 4 aliphatic heterocycles. The van der Waals surface area contributed by atoms with Crippen LogP contribution >= 0.6 is 11.6 Å². The molecule has 6 atom stereocenters. The van der Waals surface area contributed by atoms with Crippen LogP contribution in [0.5, 0.6) is 0 Å². The number of fused-ring (bicyclic) bond motifs is 2. The molecule has 0 saturated carbocycles. The van der Waals surface area contributed by atoms with Crippen LogP contribution in [0.3, 0.4) is 0 Å². The van der Waals surface area contributed by atoms with Gasteiger partial charge in [-0.3, -0.25) is 14.4 Å². The molecule has 8 nitrogen and oxygen atoms in total. The average molecular weight is 487 g/mol. The average Bonchev–Trinajstić information content (AvgIpc) is 3.07. The van der Waals surface area contributed by atoms with Gasteiger partial charge >= 0.3 is 5.97 Å². The molecule has 34 heavy (non-hydrogen) atoms. The summed E-state index contributed by atoms with van der Waals surface area (Å²) in [6, 6.07) is 5.31. The Morgan fingerprint density at radius 3 is 2.62 bits per heavy atom. The number of halogens is 1. The maximum atomic E-state index is 14.2. The molecule has 4 aliphatic rings. The van der Waals surface area contributed by atoms with Crippen molar-refractivity contribution in [3.63, 3.8) is 0 Å². The predicted molar refractivity (Wildman–Crippen MR) is 124 cm³/mol. The van der Waals surface area contributed by atoms with E-state index in [0.29, 0.717) is 17.1 Å². The van der Waals surface area contributed by atoms with Gasteiger partial charge in [0, 0.05) is 6.54 Å². The Bertz CT molecular complexity index is 1100. The summed E-state index contributed by atoms with van der Waals surface area (Å²) in [7, 11) is 0. The highest BCUT2D eigenvalue weighted by molar-refractivity contribution is 6.34. The molecule has 1 N–H and O–H groups in total. The van der Waals surface area contributed by atoms with E-state index in [2.05, 4.69) is 0 Å². The largest absolute Gasteiger partial charge is 0.461 e. The second-order valence-electron chi connectivity index (χ2n) is 9.32. The van der Waals surface area contributed by atoms with Gasteiger partial charge in [0.05, 0.1) is 34.9 Å². The molecule has 5 rings (SSSR count). The second-order valence-corrected chi connectivity index (χ2v) is 9.73. The van der Waals surface area contributed by atoms with Crippen LogP contribution in [-0.2, 0) is 23.9 Å². The summed E-state index contributed by atoms with van der Waals surface area (Å²) in [4.78, 5) is 44.2. The van der Waals surface area contributed by atoms with Gasteiger partial charge in [-0.1, -0.05) is 48.9 Å². The van der Waals surface area contributed by atoms with Crippen LogP contribution in [0.1, 0.15) is 20.3 Å². The van der Waals surface area contributed by atoms with Crippen molar-refractivity contribution in [2.24, 2.45) is 11.8 Å². The smallest absolute Gasteiger partial charge is 0.313 e. The number of rotatable bonds is 4. The molecule has 180 valence electrons. The van der Waals surface area contributed by atoms with Crippen molar-refractivity contribution in [2.45, 2.75) is 43.6 Å². The third-order valence-electron chi connectivity index (χ3n) is 7.47. The number of amides is 2. The molecule has 1 aromatic carbocycles. The number of esters is 1. The van der Waals surface area contributed by atoms with E-state index in [1.54, 1.807) is 55.5 Å². The molecule has 2 fully saturated rings. The van der Waals surface area contributed by atoms with Gasteiger partial charge in [0.2, 0.25) is 5.91 Å². The normalized spacial score (nSPS) is 35.4. The zero-order valence-electron chi connectivity index (χ0n) is 19.0. The molecule has 2 amide bonds. The maximum Gasteiger partial charge on any atom is 0.313 e. The van der Waals surface area contributed by atoms with E-state index in [-0.39, 0.29) is 25.7 Å². The van der Waals surface area contributed by atoms with Gasteiger partial charge in [-0.15, -0.1) is 0 Å². The Kier molecular flexibility index (Phi) is 5.58. The molecule has 0 aromatic heterocycles. The van der Waals surface area contributed by atoms with E-state index in [4.69, 9.17) is 21.1 Å². The Hall–Kier alpha value is -2.68. The fraction of sp³-hybridized carbons (Fsp3) is 0.480. The van der Waals surface area contributed by atoms with Crippen LogP contribution in [-0.4, -0.2) is 70.8 Å². The SMILES string of the molecule is CC[C@@H](CO)N1C(=O)[C@@H]2[C@@H]3C(=O)OCC=C[C@]3(C)O[C@@]23C=CCN(c2ccccc2Cl)C(=O)C13. The number of likely N-dealkylation sites (tertiary alicyclic amines) is 1. The summed E-state index contributed by atoms with van der Waals surface area (Å²) in [5.41, 5.74) is -2.00. The van der Waals surface area contributed by atoms with E-state index in [1.807, 2.05) is 6.92 Å². The first-order chi connectivity index (χ1) is 16.3. The summed E-state index contributed by atoms with van der Waals surface area (Å²) in [5, 5.41) is 10.5. The Morgan fingerprint density at radius 1 is 1.15 bits per heavy atom. The van der Waals surface area contributed by atoms with Crippen molar-refractivity contribution in [3.8, 4) is 0 Å². The zero-order chi connectivity index (χ0) is 24.3. The summed E-state index contributed by atoms with van der Waals surface area (Å²) in [6.07, 6.45) is 7.42. The van der Waals surface area contributed by atoms with Crippen LogP contribution in [0, 0.1) is 11.8 Å². The van der Waals surface area contributed by atoms with Crippen LogP contribution in [0.15, 0.2) is 48.6 Å². The first kappa shape index (κ1) is 23.1. The molecule has 1 unspecified atom stereocenters. The number of hydrogen-bond acceptors (Lipinski definition) is 6. The molecular weight excluding hydrogens is 460 g/mol. The van der Waals surface area contributed by atoms with E-state index in [1.165, 1.54) is 9.80 Å². The molecular formula is C25H27ClN2O6. The van der Waals surface area contributed by atoms with Crippen LogP contribution < -0.4 is 4.90 Å². The molecule has 9 heteroatoms. The summed E-state index contributed by atoms with van der Waals surface area (Å²) in [5.74, 6) is -3.20. The molecule has 4 heterocycles. The Labute approximate surface area is 202 Å². The number of aliphatic hydroxyl groups is 1. The highest BCUT2D eigenvalue weighted by Crippen LogP contribution is 2.58. The van der Waals surface area contributed by atoms with Gasteiger partial charge in [0.25, 0.3) is 5.91 Å². The van der Waals surface area contributed by atoms with Crippen molar-refractivity contribution in [2.75, 3.05) is 24.7 Å². The maximum absolute atomic E-state index is 14.2. The van der Waals surface area contributed by atoms with E-state index < -0.39 is 47.0 Å². The van der Waals surface area contributed by atoms with Gasteiger partial charge in [-0.25, -0.2) is 0 Å². The number of anilines is 1. The minimum absolute atomic E-state index is 0.0958. The third-order valence-corrected chi connectivity index (χ3v) is 7.79. The fourth-order valence-corrected chi connectivity index (χ4v) is 6.23. The first-order valence-corrected chi connectivity index (χ1v) is 11.9. The van der Waals surface area contributed by atoms with Crippen molar-refractivity contribution in [3.05, 3.63) is 53.6 Å². The first-order valence-electron chi connectivity index (χ1n) is 11.5. The van der Waals surface area contributed by atoms with Gasteiger partial charge in [0.15, 0.2) is 0 Å². The Balaban J connectivity index is 1.70. The van der Waals surface area contributed by atoms with Gasteiger partial charge in [0.1, 0.15) is 24.2 Å². The minimum atomic E-state index is -1.40. The van der Waals surface area contributed by atoms with Gasteiger partial charge in [-0.05, 0) is 31.6 Å². The fourth-order valence-electron chi connectivity index (χ4n) is 5.99. The predicted octanol–water partition coefficient (Wildman–Crippen LogP) is 2.10. The van der Waals surface area contributed by atoms with Crippen LogP contribution in [0.4, 0.5) is 5.69 Å². The number of hydrogen-bond donors (Lipinski definition) is 1. The monoisotopic (exact) mass is 486 g/mol. The van der Waals surface area contributed by atoms with Crippen LogP contribution in [0.25, 0.3) is 0 Å². The van der Waals surface area contributed by atoms with E-state index in [9.17, 15) is 19.5 Å². The number of aliphatic hydroxyl groups excluding tert-OH is 1. The number of para-hydroxylation sites is 1. The Morgan fingerprint density at radius 2 is 1.91 bits per heavy atom. The van der Waals surface area contributed by atoms with Crippen molar-refractivity contribution >= 4 is 35.1 Å². The number of nitrogens with zero attached hydrogens (tertiary/aromatic N) is 2. The summed E-state index contributed by atoms with van der Waals surface area (Å²) < 4.78 is 12.0. The number of carbonyl (C=O) groups is 3. The number of ether oxygens (including phenoxy) is 2. The standard InChI is InChI=1S/C25H27ClN2O6/c1-3-15(14-29)28-20-22(31)27(17-9-5-4-8-16(17)26)12-6-11-25(20)18(21(28)30)19-23(32)33-13-7-10-24(19,2)34-25/h4-11,15,18-20,29H,3,12-14H2,1-2H3/t15-,18-,19+,20?,24-,25-/m0/s1. The lowest BCUT2D eigenvalue weighted by Crippen LogP contribution is -2.58. The third kappa shape index (κ3) is 3.08. The highest BCUT2D eigenvalue weighted by atomic mass is 35.5. The van der Waals surface area contributed by atoms with E-state index in [0.717, 1.165) is 0 Å². The molecule has 1 aromatic rings. The van der Waals surface area contributed by atoms with Crippen molar-refractivity contribution in [1.29, 1.82) is 0 Å². The number of benzene rings is 1. The van der Waals surface area contributed by atoms with Crippen LogP contribution in [0.2, 0.25) is 5.02 Å². The molecule has 0 radical (unpaired) electrons. The van der Waals surface area contributed by atoms with Gasteiger partial charge in [-0.2, -0.15) is 0 Å². The molecule has 2 saturated heterocycles. The highest BCUT2D eigenvalue weighted by Gasteiger charge is 2.75. The van der Waals surface area contributed by atoms with Crippen molar-refractivity contribution in [1.82, 2.24) is 4.90 Å². The van der Waals surface area contributed by atoms with Crippen molar-refractivity contribution < 1.29 is 29.0 Å².